The molecule has 0 aliphatic carbocycles. The molecule has 2 aromatic rings. The van der Waals surface area contributed by atoms with Crippen LogP contribution in [-0.2, 0) is 0 Å². The molecule has 0 saturated carbocycles. The topological polar surface area (TPSA) is 53.1 Å². The van der Waals surface area contributed by atoms with E-state index in [1.54, 1.807) is 12.3 Å². The molecular formula is C12H14BrN3O. The molecule has 90 valence electrons. The monoisotopic (exact) mass is 295 g/mol. The first-order valence-corrected chi connectivity index (χ1v) is 6.12. The van der Waals surface area contributed by atoms with E-state index in [1.807, 2.05) is 23.0 Å². The fourth-order valence-electron chi connectivity index (χ4n) is 1.38. The van der Waals surface area contributed by atoms with Crippen molar-refractivity contribution in [2.24, 2.45) is 0 Å². The molecule has 17 heavy (non-hydrogen) atoms. The zero-order valence-electron chi connectivity index (χ0n) is 9.72. The largest absolute Gasteiger partial charge is 0.452 e. The van der Waals surface area contributed by atoms with Crippen molar-refractivity contribution in [3.63, 3.8) is 0 Å². The van der Waals surface area contributed by atoms with Crippen LogP contribution >= 0.6 is 15.9 Å². The molecule has 0 amide bonds. The van der Waals surface area contributed by atoms with Gasteiger partial charge in [0.1, 0.15) is 0 Å². The summed E-state index contributed by atoms with van der Waals surface area (Å²) in [6.45, 7) is 4.12. The Bertz CT molecular complexity index is 522. The summed E-state index contributed by atoms with van der Waals surface area (Å²) in [6, 6.07) is 5.82. The van der Waals surface area contributed by atoms with Crippen LogP contribution in [0.2, 0.25) is 0 Å². The van der Waals surface area contributed by atoms with E-state index < -0.39 is 0 Å². The van der Waals surface area contributed by atoms with E-state index in [0.717, 1.165) is 4.47 Å². The Balaban J connectivity index is 2.22. The minimum atomic E-state index is 0.312. The van der Waals surface area contributed by atoms with Crippen LogP contribution < -0.4 is 10.5 Å². The lowest BCUT2D eigenvalue weighted by Crippen LogP contribution is -1.99. The van der Waals surface area contributed by atoms with Crippen LogP contribution in [0.1, 0.15) is 19.9 Å². The zero-order chi connectivity index (χ0) is 12.4. The first-order chi connectivity index (χ1) is 8.06. The van der Waals surface area contributed by atoms with Gasteiger partial charge in [0.15, 0.2) is 11.5 Å². The highest BCUT2D eigenvalue weighted by Gasteiger charge is 2.06. The SMILES string of the molecule is CC(C)n1cc(Oc2cc(Br)ccc2N)cn1. The molecule has 0 spiro atoms. The van der Waals surface area contributed by atoms with E-state index in [4.69, 9.17) is 10.5 Å². The Labute approximate surface area is 109 Å². The summed E-state index contributed by atoms with van der Waals surface area (Å²) in [7, 11) is 0. The van der Waals surface area contributed by atoms with Crippen molar-refractivity contribution in [3.05, 3.63) is 35.1 Å². The van der Waals surface area contributed by atoms with Crippen LogP contribution in [0, 0.1) is 0 Å². The molecule has 0 atom stereocenters. The molecule has 1 aromatic carbocycles. The summed E-state index contributed by atoms with van der Waals surface area (Å²) in [6.07, 6.45) is 3.53. The van der Waals surface area contributed by atoms with Gasteiger partial charge in [-0.15, -0.1) is 0 Å². The predicted molar refractivity (Wildman–Crippen MR) is 71.2 cm³/mol. The summed E-state index contributed by atoms with van der Waals surface area (Å²) in [5.41, 5.74) is 6.43. The Morgan fingerprint density at radius 2 is 2.18 bits per heavy atom. The molecule has 2 N–H and O–H groups in total. The van der Waals surface area contributed by atoms with Gasteiger partial charge in [-0.1, -0.05) is 15.9 Å². The Kier molecular flexibility index (Phi) is 3.38. The number of hydrogen-bond acceptors (Lipinski definition) is 3. The van der Waals surface area contributed by atoms with Crippen LogP contribution in [0.15, 0.2) is 35.1 Å². The molecule has 0 aliphatic heterocycles. The summed E-state index contributed by atoms with van der Waals surface area (Å²) < 4.78 is 8.45. The molecule has 0 unspecified atom stereocenters. The van der Waals surface area contributed by atoms with E-state index in [0.29, 0.717) is 23.2 Å². The van der Waals surface area contributed by atoms with Gasteiger partial charge in [0, 0.05) is 10.5 Å². The fourth-order valence-corrected chi connectivity index (χ4v) is 1.72. The second-order valence-corrected chi connectivity index (χ2v) is 4.95. The zero-order valence-corrected chi connectivity index (χ0v) is 11.3. The number of ether oxygens (including phenoxy) is 1. The number of nitrogens with zero attached hydrogens (tertiary/aromatic N) is 2. The highest BCUT2D eigenvalue weighted by molar-refractivity contribution is 9.10. The second-order valence-electron chi connectivity index (χ2n) is 4.03. The fraction of sp³-hybridized carbons (Fsp3) is 0.250. The molecule has 0 bridgehead atoms. The van der Waals surface area contributed by atoms with Crippen LogP contribution in [0.4, 0.5) is 5.69 Å². The third kappa shape index (κ3) is 2.79. The number of rotatable bonds is 3. The summed E-state index contributed by atoms with van der Waals surface area (Å²) in [5.74, 6) is 1.31. The van der Waals surface area contributed by atoms with E-state index in [-0.39, 0.29) is 0 Å². The maximum atomic E-state index is 5.83. The van der Waals surface area contributed by atoms with Crippen molar-refractivity contribution in [2.45, 2.75) is 19.9 Å². The number of aromatic nitrogens is 2. The normalized spacial score (nSPS) is 10.8. The average molecular weight is 296 g/mol. The maximum absolute atomic E-state index is 5.83. The van der Waals surface area contributed by atoms with Gasteiger partial charge >= 0.3 is 0 Å². The quantitative estimate of drug-likeness (QED) is 0.880. The van der Waals surface area contributed by atoms with Gasteiger partial charge < -0.3 is 10.5 Å². The molecule has 2 rings (SSSR count). The Morgan fingerprint density at radius 1 is 1.41 bits per heavy atom. The van der Waals surface area contributed by atoms with Gasteiger partial charge in [0.2, 0.25) is 0 Å². The van der Waals surface area contributed by atoms with Gasteiger partial charge in [-0.25, -0.2) is 0 Å². The Hall–Kier alpha value is -1.49. The second kappa shape index (κ2) is 4.79. The Morgan fingerprint density at radius 3 is 2.82 bits per heavy atom. The number of nitrogen functional groups attached to an aromatic ring is 1. The van der Waals surface area contributed by atoms with Crippen molar-refractivity contribution in [3.8, 4) is 11.5 Å². The van der Waals surface area contributed by atoms with Crippen molar-refractivity contribution < 1.29 is 4.74 Å². The smallest absolute Gasteiger partial charge is 0.165 e. The number of benzene rings is 1. The van der Waals surface area contributed by atoms with E-state index in [9.17, 15) is 0 Å². The van der Waals surface area contributed by atoms with Crippen molar-refractivity contribution in [1.82, 2.24) is 9.78 Å². The molecule has 1 aromatic heterocycles. The molecule has 5 heteroatoms. The van der Waals surface area contributed by atoms with Crippen molar-refractivity contribution in [2.75, 3.05) is 5.73 Å². The summed E-state index contributed by atoms with van der Waals surface area (Å²) in [4.78, 5) is 0. The first kappa shape index (κ1) is 12.0. The van der Waals surface area contributed by atoms with E-state index >= 15 is 0 Å². The number of halogens is 1. The molecular weight excluding hydrogens is 282 g/mol. The van der Waals surface area contributed by atoms with Crippen LogP contribution in [0.25, 0.3) is 0 Å². The highest BCUT2D eigenvalue weighted by Crippen LogP contribution is 2.30. The number of nitrogens with two attached hydrogens (primary N) is 1. The van der Waals surface area contributed by atoms with Crippen molar-refractivity contribution in [1.29, 1.82) is 0 Å². The first-order valence-electron chi connectivity index (χ1n) is 5.33. The van der Waals surface area contributed by atoms with E-state index in [2.05, 4.69) is 34.9 Å². The van der Waals surface area contributed by atoms with Gasteiger partial charge in [-0.05, 0) is 32.0 Å². The maximum Gasteiger partial charge on any atom is 0.165 e. The molecule has 1 heterocycles. The number of hydrogen-bond donors (Lipinski definition) is 1. The average Bonchev–Trinajstić information content (AvgIpc) is 2.72. The van der Waals surface area contributed by atoms with Crippen LogP contribution in [-0.4, -0.2) is 9.78 Å². The van der Waals surface area contributed by atoms with Crippen molar-refractivity contribution >= 4 is 21.6 Å². The molecule has 0 aliphatic rings. The lowest BCUT2D eigenvalue weighted by atomic mass is 10.3. The summed E-state index contributed by atoms with van der Waals surface area (Å²) in [5, 5.41) is 4.20. The lowest BCUT2D eigenvalue weighted by molar-refractivity contribution is 0.479. The van der Waals surface area contributed by atoms with Gasteiger partial charge in [0.05, 0.1) is 18.1 Å². The minimum Gasteiger partial charge on any atom is -0.452 e. The predicted octanol–water partition coefficient (Wildman–Crippen LogP) is 3.60. The van der Waals surface area contributed by atoms with E-state index in [1.165, 1.54) is 0 Å². The minimum absolute atomic E-state index is 0.312. The van der Waals surface area contributed by atoms with Gasteiger partial charge in [-0.3, -0.25) is 4.68 Å². The highest BCUT2D eigenvalue weighted by atomic mass is 79.9. The third-order valence-corrected chi connectivity index (χ3v) is 2.80. The molecule has 0 saturated heterocycles. The van der Waals surface area contributed by atoms with Gasteiger partial charge in [0.25, 0.3) is 0 Å². The number of anilines is 1. The lowest BCUT2D eigenvalue weighted by Gasteiger charge is -2.07. The van der Waals surface area contributed by atoms with Gasteiger partial charge in [-0.2, -0.15) is 5.10 Å². The standard InChI is InChI=1S/C12H14BrN3O/c1-8(2)16-7-10(6-15-16)17-12-5-9(13)3-4-11(12)14/h3-8H,14H2,1-2H3. The molecule has 0 radical (unpaired) electrons. The van der Waals surface area contributed by atoms with Crippen LogP contribution in [0.5, 0.6) is 11.5 Å². The molecule has 4 nitrogen and oxygen atoms in total. The molecule has 0 fully saturated rings. The van der Waals surface area contributed by atoms with Crippen LogP contribution in [0.3, 0.4) is 0 Å². The third-order valence-electron chi connectivity index (χ3n) is 2.31. The summed E-state index contributed by atoms with van der Waals surface area (Å²) >= 11 is 3.38.